The summed E-state index contributed by atoms with van der Waals surface area (Å²) in [6, 6.07) is 4.53. The van der Waals surface area contributed by atoms with Gasteiger partial charge in [-0.3, -0.25) is 0 Å². The lowest BCUT2D eigenvalue weighted by Crippen LogP contribution is -2.38. The van der Waals surface area contributed by atoms with Gasteiger partial charge < -0.3 is 14.4 Å². The third-order valence-corrected chi connectivity index (χ3v) is 5.96. The van der Waals surface area contributed by atoms with Gasteiger partial charge in [0.05, 0.1) is 16.4 Å². The van der Waals surface area contributed by atoms with E-state index in [1.54, 1.807) is 34.4 Å². The van der Waals surface area contributed by atoms with Crippen molar-refractivity contribution in [1.82, 2.24) is 30.1 Å². The topological polar surface area (TPSA) is 95.3 Å². The van der Waals surface area contributed by atoms with Crippen LogP contribution in [0.2, 0.25) is 0 Å². The minimum atomic E-state index is -0.501. The Balaban J connectivity index is 1.30. The molecule has 0 bridgehead atoms. The number of hydrogen-bond acceptors (Lipinski definition) is 8. The summed E-state index contributed by atoms with van der Waals surface area (Å²) < 4.78 is 26.4. The van der Waals surface area contributed by atoms with E-state index in [1.807, 2.05) is 5.38 Å². The first-order chi connectivity index (χ1) is 15.1. The van der Waals surface area contributed by atoms with Crippen LogP contribution in [0.3, 0.4) is 0 Å². The molecule has 31 heavy (non-hydrogen) atoms. The molecule has 0 radical (unpaired) electrons. The summed E-state index contributed by atoms with van der Waals surface area (Å²) in [7, 11) is 0. The van der Waals surface area contributed by atoms with Crippen molar-refractivity contribution in [2.45, 2.75) is 25.4 Å². The highest BCUT2D eigenvalue weighted by atomic mass is 32.1. The number of hydrogen-bond donors (Lipinski definition) is 0. The van der Waals surface area contributed by atoms with Gasteiger partial charge in [-0.25, -0.2) is 18.9 Å². The molecule has 0 unspecified atom stereocenters. The van der Waals surface area contributed by atoms with E-state index in [9.17, 15) is 9.18 Å². The normalized spacial score (nSPS) is 14.4. The zero-order chi connectivity index (χ0) is 21.6. The van der Waals surface area contributed by atoms with Crippen molar-refractivity contribution in [3.8, 4) is 11.4 Å². The highest BCUT2D eigenvalue weighted by molar-refractivity contribution is 7.09. The SMILES string of the molecule is C=CCOC(=O)N1CCC(c2nc(COc3ccc(-n4cnnn4)cc3F)cs2)CC1. The van der Waals surface area contributed by atoms with Crippen LogP contribution >= 0.6 is 11.3 Å². The molecular weight excluding hydrogens is 423 g/mol. The lowest BCUT2D eigenvalue weighted by molar-refractivity contribution is 0.102. The Bertz CT molecular complexity index is 1030. The number of benzene rings is 1. The summed E-state index contributed by atoms with van der Waals surface area (Å²) in [5, 5.41) is 13.7. The fourth-order valence-electron chi connectivity index (χ4n) is 3.29. The Kier molecular flexibility index (Phi) is 6.51. The molecule has 0 atom stereocenters. The second-order valence-electron chi connectivity index (χ2n) is 6.96. The van der Waals surface area contributed by atoms with Crippen LogP contribution in [0.1, 0.15) is 29.5 Å². The molecule has 3 aromatic rings. The van der Waals surface area contributed by atoms with E-state index in [4.69, 9.17) is 9.47 Å². The summed E-state index contributed by atoms with van der Waals surface area (Å²) in [5.74, 6) is -0.0774. The second kappa shape index (κ2) is 9.65. The van der Waals surface area contributed by atoms with Crippen LogP contribution in [0.4, 0.5) is 9.18 Å². The van der Waals surface area contributed by atoms with Gasteiger partial charge in [0.25, 0.3) is 0 Å². The number of nitrogens with zero attached hydrogens (tertiary/aromatic N) is 6. The van der Waals surface area contributed by atoms with Crippen LogP contribution in [0.15, 0.2) is 42.6 Å². The Hall–Kier alpha value is -3.34. The molecule has 4 rings (SSSR count). The lowest BCUT2D eigenvalue weighted by Gasteiger charge is -2.30. The molecular formula is C20H21FN6O3S. The first-order valence-electron chi connectivity index (χ1n) is 9.76. The number of halogens is 1. The number of ether oxygens (including phenoxy) is 2. The number of aromatic nitrogens is 5. The molecule has 1 saturated heterocycles. The monoisotopic (exact) mass is 444 g/mol. The molecule has 3 heterocycles. The molecule has 0 spiro atoms. The van der Waals surface area contributed by atoms with Gasteiger partial charge in [0, 0.05) is 30.5 Å². The number of carbonyl (C=O) groups excluding carboxylic acids is 1. The van der Waals surface area contributed by atoms with E-state index in [1.165, 1.54) is 17.1 Å². The van der Waals surface area contributed by atoms with Crippen LogP contribution in [-0.2, 0) is 11.3 Å². The maximum Gasteiger partial charge on any atom is 0.410 e. The van der Waals surface area contributed by atoms with Crippen molar-refractivity contribution in [3.63, 3.8) is 0 Å². The van der Waals surface area contributed by atoms with Gasteiger partial charge in [-0.1, -0.05) is 12.7 Å². The van der Waals surface area contributed by atoms with Crippen molar-refractivity contribution in [2.75, 3.05) is 19.7 Å². The summed E-state index contributed by atoms with van der Waals surface area (Å²) in [6.07, 6.45) is 4.29. The van der Waals surface area contributed by atoms with Crippen molar-refractivity contribution in [1.29, 1.82) is 0 Å². The van der Waals surface area contributed by atoms with E-state index in [0.717, 1.165) is 23.5 Å². The zero-order valence-corrected chi connectivity index (χ0v) is 17.5. The smallest absolute Gasteiger partial charge is 0.410 e. The number of thiazole rings is 1. The Morgan fingerprint density at radius 3 is 2.90 bits per heavy atom. The van der Waals surface area contributed by atoms with Crippen molar-refractivity contribution in [2.24, 2.45) is 0 Å². The van der Waals surface area contributed by atoms with Gasteiger partial charge in [0.2, 0.25) is 0 Å². The predicted octanol–water partition coefficient (Wildman–Crippen LogP) is 3.34. The fraction of sp³-hybridized carbons (Fsp3) is 0.350. The molecule has 2 aromatic heterocycles. The third kappa shape index (κ3) is 5.05. The van der Waals surface area contributed by atoms with E-state index in [0.29, 0.717) is 18.8 Å². The van der Waals surface area contributed by atoms with Gasteiger partial charge in [0.15, 0.2) is 11.6 Å². The maximum atomic E-state index is 14.3. The lowest BCUT2D eigenvalue weighted by atomic mass is 9.98. The maximum absolute atomic E-state index is 14.3. The van der Waals surface area contributed by atoms with Crippen LogP contribution < -0.4 is 4.74 Å². The van der Waals surface area contributed by atoms with E-state index in [2.05, 4.69) is 27.1 Å². The number of tetrazole rings is 1. The van der Waals surface area contributed by atoms with Crippen LogP contribution in [0.5, 0.6) is 5.75 Å². The van der Waals surface area contributed by atoms with Crippen LogP contribution in [0, 0.1) is 5.82 Å². The van der Waals surface area contributed by atoms with E-state index < -0.39 is 5.82 Å². The van der Waals surface area contributed by atoms with Gasteiger partial charge in [-0.15, -0.1) is 16.4 Å². The Morgan fingerprint density at radius 2 is 2.19 bits per heavy atom. The third-order valence-electron chi connectivity index (χ3n) is 4.90. The van der Waals surface area contributed by atoms with Gasteiger partial charge in [-0.2, -0.15) is 0 Å². The van der Waals surface area contributed by atoms with Gasteiger partial charge >= 0.3 is 6.09 Å². The molecule has 0 aliphatic carbocycles. The molecule has 0 N–H and O–H groups in total. The second-order valence-corrected chi connectivity index (χ2v) is 7.85. The molecule has 9 nitrogen and oxygen atoms in total. The van der Waals surface area contributed by atoms with E-state index in [-0.39, 0.29) is 31.0 Å². The molecule has 1 fully saturated rings. The fourth-order valence-corrected chi connectivity index (χ4v) is 4.26. The number of amides is 1. The Labute approximate surface area is 182 Å². The van der Waals surface area contributed by atoms with Crippen molar-refractivity contribution in [3.05, 3.63) is 59.1 Å². The van der Waals surface area contributed by atoms with Gasteiger partial charge in [0.1, 0.15) is 19.5 Å². The molecule has 1 aromatic carbocycles. The average Bonchev–Trinajstić information content (AvgIpc) is 3.49. The van der Waals surface area contributed by atoms with E-state index >= 15 is 0 Å². The molecule has 11 heteroatoms. The number of piperidine rings is 1. The summed E-state index contributed by atoms with van der Waals surface area (Å²) in [4.78, 5) is 18.3. The molecule has 1 aliphatic rings. The summed E-state index contributed by atoms with van der Waals surface area (Å²) >= 11 is 1.56. The molecule has 162 valence electrons. The average molecular weight is 444 g/mol. The zero-order valence-electron chi connectivity index (χ0n) is 16.7. The van der Waals surface area contributed by atoms with Crippen molar-refractivity contribution < 1.29 is 18.7 Å². The largest absolute Gasteiger partial charge is 0.484 e. The number of rotatable bonds is 7. The quantitative estimate of drug-likeness (QED) is 0.516. The van der Waals surface area contributed by atoms with Crippen LogP contribution in [0.25, 0.3) is 5.69 Å². The summed E-state index contributed by atoms with van der Waals surface area (Å²) in [6.45, 7) is 5.19. The van der Waals surface area contributed by atoms with Gasteiger partial charge in [-0.05, 0) is 35.4 Å². The number of carbonyl (C=O) groups is 1. The highest BCUT2D eigenvalue weighted by Crippen LogP contribution is 2.31. The first kappa shape index (κ1) is 20.9. The first-order valence-corrected chi connectivity index (χ1v) is 10.6. The highest BCUT2D eigenvalue weighted by Gasteiger charge is 2.26. The molecule has 1 amide bonds. The standard InChI is InChI=1S/C20H21FN6O3S/c1-2-9-29-20(28)26-7-5-14(6-8-26)19-23-15(12-31-19)11-30-18-4-3-16(10-17(18)21)27-13-22-24-25-27/h2-4,10,12-14H,1,5-9,11H2. The minimum absolute atomic E-state index is 0.137. The Morgan fingerprint density at radius 1 is 1.35 bits per heavy atom. The minimum Gasteiger partial charge on any atom is -0.484 e. The number of likely N-dealkylation sites (tertiary alicyclic amines) is 1. The van der Waals surface area contributed by atoms with Crippen molar-refractivity contribution >= 4 is 17.4 Å². The van der Waals surface area contributed by atoms with Crippen LogP contribution in [-0.4, -0.2) is 55.9 Å². The predicted molar refractivity (Wildman–Crippen MR) is 111 cm³/mol. The summed E-state index contributed by atoms with van der Waals surface area (Å²) in [5.41, 5.74) is 1.25. The molecule has 0 saturated carbocycles. The molecule has 1 aliphatic heterocycles.